The number of hydrogen-bond acceptors (Lipinski definition) is 3. The van der Waals surface area contributed by atoms with E-state index in [0.717, 1.165) is 28.8 Å². The highest BCUT2D eigenvalue weighted by atomic mass is 79.9. The summed E-state index contributed by atoms with van der Waals surface area (Å²) in [4.78, 5) is 0. The maximum Gasteiger partial charge on any atom is 0.160 e. The maximum absolute atomic E-state index is 5.96. The number of halogens is 1. The fourth-order valence-corrected chi connectivity index (χ4v) is 3.09. The molecule has 112 valence electrons. The topological polar surface area (TPSA) is 39.4 Å². The molecule has 0 amide bonds. The monoisotopic (exact) mass is 357 g/mol. The number of fused-ring (bicyclic) bond motifs is 1. The largest absolute Gasteiger partial charge is 0.376 e. The lowest BCUT2D eigenvalue weighted by Crippen LogP contribution is -2.19. The summed E-state index contributed by atoms with van der Waals surface area (Å²) in [5.74, 6) is 1.01. The first kappa shape index (κ1) is 13.9. The Morgan fingerprint density at radius 3 is 2.68 bits per heavy atom. The Hall–Kier alpha value is -1.72. The van der Waals surface area contributed by atoms with E-state index in [1.165, 1.54) is 5.56 Å². The summed E-state index contributed by atoms with van der Waals surface area (Å²) in [5.41, 5.74) is 2.11. The van der Waals surface area contributed by atoms with Gasteiger partial charge in [-0.1, -0.05) is 30.3 Å². The minimum Gasteiger partial charge on any atom is -0.376 e. The second kappa shape index (κ2) is 5.48. The molecular weight excluding hydrogens is 342 g/mol. The molecule has 0 saturated heterocycles. The van der Waals surface area contributed by atoms with Gasteiger partial charge in [-0.15, -0.1) is 10.2 Å². The molecule has 5 heteroatoms. The third kappa shape index (κ3) is 2.55. The van der Waals surface area contributed by atoms with Crippen LogP contribution in [-0.4, -0.2) is 21.2 Å². The summed E-state index contributed by atoms with van der Waals surface area (Å²) in [6, 6.07) is 14.2. The van der Waals surface area contributed by atoms with Crippen LogP contribution in [0.5, 0.6) is 0 Å². The average Bonchev–Trinajstić information content (AvgIpc) is 3.20. The zero-order valence-electron chi connectivity index (χ0n) is 12.1. The molecule has 2 aromatic heterocycles. The Balaban J connectivity index is 1.52. The van der Waals surface area contributed by atoms with E-state index in [0.29, 0.717) is 13.2 Å². The molecule has 0 atom stereocenters. The van der Waals surface area contributed by atoms with Crippen LogP contribution in [0.4, 0.5) is 0 Å². The van der Waals surface area contributed by atoms with E-state index >= 15 is 0 Å². The highest BCUT2D eigenvalue weighted by Crippen LogP contribution is 2.47. The van der Waals surface area contributed by atoms with Crippen molar-refractivity contribution in [1.29, 1.82) is 0 Å². The van der Waals surface area contributed by atoms with Gasteiger partial charge in [-0.3, -0.25) is 4.40 Å². The summed E-state index contributed by atoms with van der Waals surface area (Å²) >= 11 is 3.51. The summed E-state index contributed by atoms with van der Waals surface area (Å²) < 4.78 is 9.06. The quantitative estimate of drug-likeness (QED) is 0.698. The van der Waals surface area contributed by atoms with Crippen molar-refractivity contribution in [1.82, 2.24) is 14.6 Å². The van der Waals surface area contributed by atoms with Crippen LogP contribution in [0.15, 0.2) is 53.1 Å². The first-order valence-electron chi connectivity index (χ1n) is 7.39. The number of ether oxygens (including phenoxy) is 1. The smallest absolute Gasteiger partial charge is 0.160 e. The van der Waals surface area contributed by atoms with Crippen molar-refractivity contribution in [2.75, 3.05) is 6.61 Å². The van der Waals surface area contributed by atoms with Crippen molar-refractivity contribution in [2.45, 2.75) is 24.9 Å². The molecular formula is C17H16BrN3O. The van der Waals surface area contributed by atoms with Crippen molar-refractivity contribution >= 4 is 21.6 Å². The van der Waals surface area contributed by atoms with Crippen LogP contribution < -0.4 is 0 Å². The van der Waals surface area contributed by atoms with Gasteiger partial charge in [0.2, 0.25) is 0 Å². The van der Waals surface area contributed by atoms with E-state index in [2.05, 4.69) is 42.7 Å². The molecule has 1 aliphatic rings. The summed E-state index contributed by atoms with van der Waals surface area (Å²) in [7, 11) is 0. The van der Waals surface area contributed by atoms with Gasteiger partial charge in [0.15, 0.2) is 5.65 Å². The first-order chi connectivity index (χ1) is 10.8. The predicted molar refractivity (Wildman–Crippen MR) is 87.7 cm³/mol. The number of benzene rings is 1. The van der Waals surface area contributed by atoms with E-state index < -0.39 is 0 Å². The van der Waals surface area contributed by atoms with Gasteiger partial charge < -0.3 is 4.74 Å². The van der Waals surface area contributed by atoms with Crippen molar-refractivity contribution in [3.8, 4) is 0 Å². The van der Waals surface area contributed by atoms with Crippen LogP contribution in [0, 0.1) is 0 Å². The summed E-state index contributed by atoms with van der Waals surface area (Å²) in [6.45, 7) is 1.33. The van der Waals surface area contributed by atoms with Crippen molar-refractivity contribution in [3.05, 3.63) is 64.5 Å². The molecule has 4 nitrogen and oxygen atoms in total. The van der Waals surface area contributed by atoms with Gasteiger partial charge in [0, 0.05) is 10.7 Å². The van der Waals surface area contributed by atoms with Crippen molar-refractivity contribution in [2.24, 2.45) is 0 Å². The van der Waals surface area contributed by atoms with Crippen LogP contribution >= 0.6 is 15.9 Å². The lowest BCUT2D eigenvalue weighted by Gasteiger charge is -2.14. The Morgan fingerprint density at radius 1 is 1.09 bits per heavy atom. The number of aromatic nitrogens is 3. The van der Waals surface area contributed by atoms with Gasteiger partial charge in [-0.2, -0.15) is 0 Å². The van der Waals surface area contributed by atoms with Gasteiger partial charge in [-0.25, -0.2) is 0 Å². The minimum absolute atomic E-state index is 0.0228. The lowest BCUT2D eigenvalue weighted by molar-refractivity contribution is 0.0979. The van der Waals surface area contributed by atoms with Crippen LogP contribution in [0.25, 0.3) is 5.65 Å². The van der Waals surface area contributed by atoms with Gasteiger partial charge in [0.1, 0.15) is 5.82 Å². The molecule has 22 heavy (non-hydrogen) atoms. The number of pyridine rings is 1. The van der Waals surface area contributed by atoms with Crippen LogP contribution in [0.1, 0.15) is 24.2 Å². The van der Waals surface area contributed by atoms with E-state index in [1.807, 2.05) is 36.5 Å². The summed E-state index contributed by atoms with van der Waals surface area (Å²) in [6.07, 6.45) is 4.24. The molecule has 2 heterocycles. The molecule has 3 aromatic rings. The first-order valence-corrected chi connectivity index (χ1v) is 8.19. The zero-order valence-corrected chi connectivity index (χ0v) is 13.7. The van der Waals surface area contributed by atoms with E-state index in [-0.39, 0.29) is 5.41 Å². The Kier molecular flexibility index (Phi) is 3.47. The fraction of sp³-hybridized carbons (Fsp3) is 0.294. The maximum atomic E-state index is 5.96. The minimum atomic E-state index is 0.0228. The summed E-state index contributed by atoms with van der Waals surface area (Å²) in [5, 5.41) is 8.68. The van der Waals surface area contributed by atoms with Crippen LogP contribution in [0.2, 0.25) is 0 Å². The van der Waals surface area contributed by atoms with Gasteiger partial charge in [0.05, 0.1) is 18.6 Å². The normalized spacial score (nSPS) is 16.0. The zero-order chi connectivity index (χ0) is 15.0. The third-order valence-electron chi connectivity index (χ3n) is 4.18. The lowest BCUT2D eigenvalue weighted by atomic mass is 10.1. The Labute approximate surface area is 137 Å². The SMILES string of the molecule is Brc1ccc2nnc(C3(COCc4ccccc4)CC3)n2c1. The highest BCUT2D eigenvalue weighted by molar-refractivity contribution is 9.10. The second-order valence-electron chi connectivity index (χ2n) is 5.86. The van der Waals surface area contributed by atoms with Gasteiger partial charge >= 0.3 is 0 Å². The molecule has 0 spiro atoms. The van der Waals surface area contributed by atoms with Gasteiger partial charge in [0.25, 0.3) is 0 Å². The van der Waals surface area contributed by atoms with E-state index in [4.69, 9.17) is 4.74 Å². The Morgan fingerprint density at radius 2 is 1.91 bits per heavy atom. The second-order valence-corrected chi connectivity index (χ2v) is 6.77. The predicted octanol–water partition coefficient (Wildman–Crippen LogP) is 3.74. The molecule has 0 unspecified atom stereocenters. The molecule has 0 radical (unpaired) electrons. The number of nitrogens with zero attached hydrogens (tertiary/aromatic N) is 3. The molecule has 0 bridgehead atoms. The molecule has 0 aliphatic heterocycles. The van der Waals surface area contributed by atoms with E-state index in [1.54, 1.807) is 0 Å². The van der Waals surface area contributed by atoms with Gasteiger partial charge in [-0.05, 0) is 46.5 Å². The van der Waals surface area contributed by atoms with Crippen molar-refractivity contribution < 1.29 is 4.74 Å². The average molecular weight is 358 g/mol. The third-order valence-corrected chi connectivity index (χ3v) is 4.65. The number of rotatable bonds is 5. The number of hydrogen-bond donors (Lipinski definition) is 0. The van der Waals surface area contributed by atoms with Crippen LogP contribution in [-0.2, 0) is 16.8 Å². The standard InChI is InChI=1S/C17H16BrN3O/c18-14-6-7-15-19-20-16(21(15)10-14)17(8-9-17)12-22-11-13-4-2-1-3-5-13/h1-7,10H,8-9,11-12H2. The van der Waals surface area contributed by atoms with Crippen LogP contribution in [0.3, 0.4) is 0 Å². The van der Waals surface area contributed by atoms with E-state index in [9.17, 15) is 0 Å². The molecule has 4 rings (SSSR count). The molecule has 0 N–H and O–H groups in total. The molecule has 1 saturated carbocycles. The molecule has 1 aromatic carbocycles. The van der Waals surface area contributed by atoms with Crippen molar-refractivity contribution in [3.63, 3.8) is 0 Å². The fourth-order valence-electron chi connectivity index (χ4n) is 2.75. The highest BCUT2D eigenvalue weighted by Gasteiger charge is 2.48. The molecule has 1 fully saturated rings. The Bertz CT molecular complexity index is 796. The molecule has 1 aliphatic carbocycles.